The van der Waals surface area contributed by atoms with Crippen LogP contribution in [0.2, 0.25) is 0 Å². The monoisotopic (exact) mass is 391 g/mol. The minimum atomic E-state index is -0.425. The number of allylic oxidation sites excluding steroid dienone is 1. The molecule has 1 saturated heterocycles. The van der Waals surface area contributed by atoms with E-state index >= 15 is 0 Å². The summed E-state index contributed by atoms with van der Waals surface area (Å²) < 4.78 is 16.0. The number of halogens is 1. The number of rotatable bonds is 4. The fraction of sp³-hybridized carbons (Fsp3) is 0.0909. The highest BCUT2D eigenvalue weighted by Gasteiger charge is 2.25. The van der Waals surface area contributed by atoms with Crippen LogP contribution in [-0.2, 0) is 11.3 Å². The molecule has 1 N–H and O–H groups in total. The molecule has 0 spiro atoms. The van der Waals surface area contributed by atoms with Crippen LogP contribution >= 0.6 is 11.8 Å². The third-order valence-corrected chi connectivity index (χ3v) is 5.50. The maximum atomic E-state index is 13.8. The summed E-state index contributed by atoms with van der Waals surface area (Å²) in [6.07, 6.45) is 3.73. The van der Waals surface area contributed by atoms with Gasteiger partial charge >= 0.3 is 0 Å². The largest absolute Gasteiger partial charge is 0.340 e. The first-order valence-corrected chi connectivity index (χ1v) is 9.63. The third kappa shape index (κ3) is 3.27. The molecule has 4 rings (SSSR count). The topological polar surface area (TPSA) is 46.4 Å². The molecule has 1 amide bonds. The predicted molar refractivity (Wildman–Crippen MR) is 114 cm³/mol. The molecule has 1 fully saturated rings. The highest BCUT2D eigenvalue weighted by atomic mass is 32.2. The number of nitrogens with one attached hydrogen (secondary N) is 1. The van der Waals surface area contributed by atoms with Crippen LogP contribution in [0.15, 0.2) is 71.1 Å². The molecule has 1 aliphatic heterocycles. The molecule has 140 valence electrons. The molecule has 3 aromatic rings. The molecule has 4 nitrogen and oxygen atoms in total. The van der Waals surface area contributed by atoms with Crippen LogP contribution in [0.1, 0.15) is 11.3 Å². The number of amidine groups is 1. The molecular formula is C22H18FN3OS. The Morgan fingerprint density at radius 3 is 2.75 bits per heavy atom. The van der Waals surface area contributed by atoms with E-state index in [2.05, 4.69) is 27.5 Å². The van der Waals surface area contributed by atoms with Crippen molar-refractivity contribution in [2.45, 2.75) is 13.5 Å². The van der Waals surface area contributed by atoms with Gasteiger partial charge in [-0.15, -0.1) is 6.58 Å². The fourth-order valence-electron chi connectivity index (χ4n) is 3.27. The maximum Gasteiger partial charge on any atom is 0.264 e. The average molecular weight is 391 g/mol. The summed E-state index contributed by atoms with van der Waals surface area (Å²) in [5.41, 5.74) is 3.34. The van der Waals surface area contributed by atoms with Gasteiger partial charge in [-0.3, -0.25) is 4.79 Å². The van der Waals surface area contributed by atoms with Gasteiger partial charge in [-0.2, -0.15) is 0 Å². The van der Waals surface area contributed by atoms with Crippen molar-refractivity contribution in [3.05, 3.63) is 83.2 Å². The number of fused-ring (bicyclic) bond motifs is 1. The molecule has 0 aliphatic carbocycles. The van der Waals surface area contributed by atoms with E-state index in [9.17, 15) is 9.18 Å². The number of aliphatic imine (C=N–C) groups is 1. The smallest absolute Gasteiger partial charge is 0.264 e. The van der Waals surface area contributed by atoms with E-state index in [1.165, 1.54) is 17.8 Å². The van der Waals surface area contributed by atoms with E-state index in [-0.39, 0.29) is 11.6 Å². The van der Waals surface area contributed by atoms with Crippen molar-refractivity contribution in [1.29, 1.82) is 0 Å². The molecular weight excluding hydrogens is 373 g/mol. The van der Waals surface area contributed by atoms with Crippen LogP contribution in [0.25, 0.3) is 17.0 Å². The Labute approximate surface area is 166 Å². The summed E-state index contributed by atoms with van der Waals surface area (Å²) in [7, 11) is 0. The lowest BCUT2D eigenvalue weighted by Gasteiger charge is -2.04. The van der Waals surface area contributed by atoms with Crippen molar-refractivity contribution in [3.8, 4) is 0 Å². The van der Waals surface area contributed by atoms with Gasteiger partial charge in [-0.1, -0.05) is 36.4 Å². The molecule has 6 heteroatoms. The van der Waals surface area contributed by atoms with Crippen LogP contribution in [0.5, 0.6) is 0 Å². The van der Waals surface area contributed by atoms with Crippen molar-refractivity contribution in [1.82, 2.24) is 9.88 Å². The average Bonchev–Trinajstić information content (AvgIpc) is 3.16. The van der Waals surface area contributed by atoms with Crippen molar-refractivity contribution in [3.63, 3.8) is 0 Å². The maximum absolute atomic E-state index is 13.8. The van der Waals surface area contributed by atoms with Gasteiger partial charge < -0.3 is 9.88 Å². The fourth-order valence-corrected chi connectivity index (χ4v) is 4.08. The Bertz CT molecular complexity index is 1160. The zero-order valence-corrected chi connectivity index (χ0v) is 16.1. The Balaban J connectivity index is 1.74. The van der Waals surface area contributed by atoms with Crippen LogP contribution in [0.4, 0.5) is 10.1 Å². The molecule has 0 saturated carbocycles. The van der Waals surface area contributed by atoms with Crippen molar-refractivity contribution < 1.29 is 9.18 Å². The van der Waals surface area contributed by atoms with Crippen molar-refractivity contribution in [2.75, 3.05) is 0 Å². The van der Waals surface area contributed by atoms with Gasteiger partial charge in [0.25, 0.3) is 5.91 Å². The van der Waals surface area contributed by atoms with Crippen LogP contribution in [-0.4, -0.2) is 15.6 Å². The van der Waals surface area contributed by atoms with Crippen molar-refractivity contribution >= 4 is 45.5 Å². The van der Waals surface area contributed by atoms with Crippen LogP contribution in [0, 0.1) is 12.7 Å². The minimum absolute atomic E-state index is 0.199. The number of aromatic nitrogens is 1. The van der Waals surface area contributed by atoms with Crippen LogP contribution < -0.4 is 5.32 Å². The Morgan fingerprint density at radius 1 is 1.21 bits per heavy atom. The molecule has 0 atom stereocenters. The highest BCUT2D eigenvalue weighted by Crippen LogP contribution is 2.33. The lowest BCUT2D eigenvalue weighted by Crippen LogP contribution is -2.19. The summed E-state index contributed by atoms with van der Waals surface area (Å²) in [4.78, 5) is 17.2. The zero-order chi connectivity index (χ0) is 19.7. The van der Waals surface area contributed by atoms with Crippen molar-refractivity contribution in [2.24, 2.45) is 4.99 Å². The number of hydrogen-bond acceptors (Lipinski definition) is 3. The zero-order valence-electron chi connectivity index (χ0n) is 15.3. The number of benzene rings is 2. The van der Waals surface area contributed by atoms with Gasteiger partial charge in [-0.25, -0.2) is 9.38 Å². The quantitative estimate of drug-likeness (QED) is 0.493. The second kappa shape index (κ2) is 7.48. The summed E-state index contributed by atoms with van der Waals surface area (Å²) in [6, 6.07) is 14.3. The molecule has 1 aromatic heterocycles. The molecule has 0 bridgehead atoms. The SMILES string of the molecule is C=CCn1c(C)c(/C=C2\SC(=Nc3ccccc3F)NC2=O)c2ccccc21. The predicted octanol–water partition coefficient (Wildman–Crippen LogP) is 5.17. The second-order valence-electron chi connectivity index (χ2n) is 6.35. The Kier molecular flexibility index (Phi) is 4.88. The molecule has 2 heterocycles. The van der Waals surface area contributed by atoms with Gasteiger partial charge in [0.1, 0.15) is 11.5 Å². The number of carbonyl (C=O) groups is 1. The number of hydrogen-bond donors (Lipinski definition) is 1. The van der Waals surface area contributed by atoms with Gasteiger partial charge in [0.15, 0.2) is 5.17 Å². The molecule has 1 aliphatic rings. The first-order chi connectivity index (χ1) is 13.6. The minimum Gasteiger partial charge on any atom is -0.340 e. The van der Waals surface area contributed by atoms with Gasteiger partial charge in [0.05, 0.1) is 4.91 Å². The Hall–Kier alpha value is -3.12. The molecule has 2 aromatic carbocycles. The normalized spacial score (nSPS) is 16.9. The summed E-state index contributed by atoms with van der Waals surface area (Å²) in [5, 5.41) is 4.16. The lowest BCUT2D eigenvalue weighted by molar-refractivity contribution is -0.115. The second-order valence-corrected chi connectivity index (χ2v) is 7.38. The van der Waals surface area contributed by atoms with Gasteiger partial charge in [0.2, 0.25) is 0 Å². The third-order valence-electron chi connectivity index (χ3n) is 4.59. The Morgan fingerprint density at radius 2 is 1.96 bits per heavy atom. The molecule has 0 radical (unpaired) electrons. The van der Waals surface area contributed by atoms with Gasteiger partial charge in [-0.05, 0) is 43.0 Å². The van der Waals surface area contributed by atoms with E-state index in [0.29, 0.717) is 16.6 Å². The first kappa shape index (κ1) is 18.3. The number of para-hydroxylation sites is 2. The first-order valence-electron chi connectivity index (χ1n) is 8.81. The molecule has 28 heavy (non-hydrogen) atoms. The molecule has 0 unspecified atom stereocenters. The highest BCUT2D eigenvalue weighted by molar-refractivity contribution is 8.18. The van der Waals surface area contributed by atoms with E-state index in [0.717, 1.165) is 22.2 Å². The van der Waals surface area contributed by atoms with E-state index in [1.807, 2.05) is 37.3 Å². The number of amides is 1. The summed E-state index contributed by atoms with van der Waals surface area (Å²) in [5.74, 6) is -0.661. The summed E-state index contributed by atoms with van der Waals surface area (Å²) >= 11 is 1.21. The number of thioether (sulfide) groups is 1. The van der Waals surface area contributed by atoms with E-state index < -0.39 is 5.82 Å². The standard InChI is InChI=1S/C22H18FN3OS/c1-3-12-26-14(2)16(15-8-4-7-11-19(15)26)13-20-21(27)25-22(28-20)24-18-10-6-5-9-17(18)23/h3-11,13H,1,12H2,2H3,(H,24,25,27)/b20-13-. The van der Waals surface area contributed by atoms with Gasteiger partial charge in [0, 0.05) is 28.7 Å². The number of nitrogens with zero attached hydrogens (tertiary/aromatic N) is 2. The lowest BCUT2D eigenvalue weighted by atomic mass is 10.1. The van der Waals surface area contributed by atoms with E-state index in [4.69, 9.17) is 0 Å². The summed E-state index contributed by atoms with van der Waals surface area (Å²) in [6.45, 7) is 6.55. The van der Waals surface area contributed by atoms with E-state index in [1.54, 1.807) is 18.2 Å². The number of carbonyl (C=O) groups excluding carboxylic acids is 1. The van der Waals surface area contributed by atoms with Crippen LogP contribution in [0.3, 0.4) is 0 Å².